The largest absolute Gasteiger partial charge is 0.456 e. The van der Waals surface area contributed by atoms with Crippen LogP contribution in [0.1, 0.15) is 69.7 Å². The van der Waals surface area contributed by atoms with E-state index in [1.807, 2.05) is 43.5 Å². The van der Waals surface area contributed by atoms with E-state index in [0.29, 0.717) is 23.1 Å². The fourth-order valence-electron chi connectivity index (χ4n) is 3.54. The summed E-state index contributed by atoms with van der Waals surface area (Å²) in [5.74, 6) is 2.36. The summed E-state index contributed by atoms with van der Waals surface area (Å²) in [5, 5.41) is 12.9. The highest BCUT2D eigenvalue weighted by Gasteiger charge is 2.22. The summed E-state index contributed by atoms with van der Waals surface area (Å²) in [6, 6.07) is 12.1. The van der Waals surface area contributed by atoms with Crippen molar-refractivity contribution < 1.29 is 4.74 Å². The number of ether oxygens (including phenoxy) is 1. The number of allylic oxidation sites excluding steroid dienone is 2. The van der Waals surface area contributed by atoms with Gasteiger partial charge in [-0.05, 0) is 62.3 Å². The molecular formula is C28H34N4O. The Labute approximate surface area is 197 Å². The molecule has 1 aromatic heterocycles. The van der Waals surface area contributed by atoms with E-state index < -0.39 is 0 Å². The molecule has 1 heterocycles. The van der Waals surface area contributed by atoms with Crippen LogP contribution in [0.25, 0.3) is 0 Å². The van der Waals surface area contributed by atoms with E-state index in [1.165, 1.54) is 12.8 Å². The van der Waals surface area contributed by atoms with Gasteiger partial charge in [0.05, 0.1) is 17.3 Å². The van der Waals surface area contributed by atoms with Crippen LogP contribution >= 0.6 is 0 Å². The molecule has 5 nitrogen and oxygen atoms in total. The van der Waals surface area contributed by atoms with E-state index in [0.717, 1.165) is 47.6 Å². The van der Waals surface area contributed by atoms with Crippen molar-refractivity contribution in [3.63, 3.8) is 0 Å². The van der Waals surface area contributed by atoms with Crippen molar-refractivity contribution in [3.8, 4) is 17.6 Å². The summed E-state index contributed by atoms with van der Waals surface area (Å²) in [4.78, 5) is 9.47. The maximum Gasteiger partial charge on any atom is 0.137 e. The Bertz CT molecular complexity index is 1090. The van der Waals surface area contributed by atoms with Gasteiger partial charge in [0.15, 0.2) is 0 Å². The molecule has 1 atom stereocenters. The van der Waals surface area contributed by atoms with Gasteiger partial charge in [-0.2, -0.15) is 5.26 Å². The molecule has 1 aliphatic carbocycles. The van der Waals surface area contributed by atoms with Gasteiger partial charge in [0, 0.05) is 35.6 Å². The van der Waals surface area contributed by atoms with Crippen molar-refractivity contribution in [1.82, 2.24) is 4.98 Å². The highest BCUT2D eigenvalue weighted by molar-refractivity contribution is 6.04. The molecule has 1 fully saturated rings. The van der Waals surface area contributed by atoms with Crippen LogP contribution in [0, 0.1) is 24.2 Å². The van der Waals surface area contributed by atoms with E-state index >= 15 is 0 Å². The standard InChI is InChI=1S/C28H34N4O/c1-6-9-21(8-3)18-30-28(19(4)7-2)25-13-10-22(17-29)15-26(25)33-24-14-20(5)31-27(16-24)32-23-11-12-23/h8,10,13-16,18-19,23H,3,6-7,9,11-12H2,1-2,4-5H3,(H,31,32)/b21-18+,30-28+. The van der Waals surface area contributed by atoms with Gasteiger partial charge in [-0.25, -0.2) is 4.98 Å². The molecule has 33 heavy (non-hydrogen) atoms. The first-order chi connectivity index (χ1) is 16.0. The topological polar surface area (TPSA) is 70.3 Å². The number of aryl methyl sites for hydroxylation is 1. The van der Waals surface area contributed by atoms with Crippen LogP contribution in [0.5, 0.6) is 11.5 Å². The maximum absolute atomic E-state index is 9.50. The molecule has 1 N–H and O–H groups in total. The lowest BCUT2D eigenvalue weighted by Gasteiger charge is -2.18. The van der Waals surface area contributed by atoms with Gasteiger partial charge < -0.3 is 10.1 Å². The fourth-order valence-corrected chi connectivity index (χ4v) is 3.54. The third-order valence-electron chi connectivity index (χ3n) is 5.72. The molecule has 1 unspecified atom stereocenters. The van der Waals surface area contributed by atoms with Gasteiger partial charge in [0.25, 0.3) is 0 Å². The first kappa shape index (κ1) is 24.3. The van der Waals surface area contributed by atoms with Crippen molar-refractivity contribution >= 4 is 11.5 Å². The summed E-state index contributed by atoms with van der Waals surface area (Å²) < 4.78 is 6.38. The van der Waals surface area contributed by atoms with E-state index in [2.05, 4.69) is 43.7 Å². The molecule has 0 spiro atoms. The lowest BCUT2D eigenvalue weighted by atomic mass is 9.94. The van der Waals surface area contributed by atoms with E-state index in [9.17, 15) is 5.26 Å². The molecule has 0 amide bonds. The minimum Gasteiger partial charge on any atom is -0.456 e. The Morgan fingerprint density at radius 3 is 2.76 bits per heavy atom. The Kier molecular flexibility index (Phi) is 8.43. The third kappa shape index (κ3) is 6.79. The fraction of sp³-hybridized carbons (Fsp3) is 0.393. The lowest BCUT2D eigenvalue weighted by molar-refractivity contribution is 0.479. The molecule has 2 aromatic rings. The number of aliphatic imine (C=N–C) groups is 1. The summed E-state index contributed by atoms with van der Waals surface area (Å²) in [5.41, 5.74) is 4.37. The maximum atomic E-state index is 9.50. The van der Waals surface area contributed by atoms with Crippen LogP contribution in [-0.4, -0.2) is 16.7 Å². The zero-order valence-electron chi connectivity index (χ0n) is 20.2. The van der Waals surface area contributed by atoms with Crippen molar-refractivity contribution in [1.29, 1.82) is 5.26 Å². The van der Waals surface area contributed by atoms with Gasteiger partial charge in [-0.15, -0.1) is 0 Å². The van der Waals surface area contributed by atoms with Crippen LogP contribution in [-0.2, 0) is 0 Å². The van der Waals surface area contributed by atoms with Gasteiger partial charge in [0.2, 0.25) is 0 Å². The molecular weight excluding hydrogens is 408 g/mol. The van der Waals surface area contributed by atoms with Crippen molar-refractivity contribution in [2.75, 3.05) is 5.32 Å². The number of benzene rings is 1. The van der Waals surface area contributed by atoms with Crippen LogP contribution in [0.2, 0.25) is 0 Å². The lowest BCUT2D eigenvalue weighted by Crippen LogP contribution is -2.13. The predicted octanol–water partition coefficient (Wildman–Crippen LogP) is 7.33. The van der Waals surface area contributed by atoms with Gasteiger partial charge in [-0.1, -0.05) is 39.8 Å². The second kappa shape index (κ2) is 11.5. The van der Waals surface area contributed by atoms with Crippen LogP contribution in [0.15, 0.2) is 59.8 Å². The smallest absolute Gasteiger partial charge is 0.137 e. The second-order valence-corrected chi connectivity index (χ2v) is 8.65. The zero-order valence-corrected chi connectivity index (χ0v) is 20.2. The normalized spacial score (nSPS) is 15.0. The average Bonchev–Trinajstić information content (AvgIpc) is 3.62. The summed E-state index contributed by atoms with van der Waals surface area (Å²) in [7, 11) is 0. The average molecular weight is 443 g/mol. The van der Waals surface area contributed by atoms with Crippen molar-refractivity contribution in [3.05, 3.63) is 71.6 Å². The Balaban J connectivity index is 2.04. The van der Waals surface area contributed by atoms with Crippen LogP contribution < -0.4 is 10.1 Å². The minimum atomic E-state index is 0.218. The minimum absolute atomic E-state index is 0.218. The Morgan fingerprint density at radius 1 is 1.33 bits per heavy atom. The number of nitrogens with zero attached hydrogens (tertiary/aromatic N) is 3. The number of nitriles is 1. The highest BCUT2D eigenvalue weighted by Crippen LogP contribution is 2.32. The van der Waals surface area contributed by atoms with E-state index in [-0.39, 0.29) is 5.92 Å². The molecule has 5 heteroatoms. The number of pyridine rings is 1. The number of hydrogen-bond donors (Lipinski definition) is 1. The van der Waals surface area contributed by atoms with Gasteiger partial charge in [0.1, 0.15) is 17.3 Å². The van der Waals surface area contributed by atoms with E-state index in [1.54, 1.807) is 6.07 Å². The quantitative estimate of drug-likeness (QED) is 0.292. The molecule has 1 saturated carbocycles. The molecule has 0 bridgehead atoms. The Morgan fingerprint density at radius 2 is 2.12 bits per heavy atom. The molecule has 0 saturated heterocycles. The molecule has 3 rings (SSSR count). The summed E-state index contributed by atoms with van der Waals surface area (Å²) in [6.07, 6.45) is 9.04. The van der Waals surface area contributed by atoms with Gasteiger partial charge >= 0.3 is 0 Å². The van der Waals surface area contributed by atoms with Crippen LogP contribution in [0.4, 0.5) is 5.82 Å². The summed E-state index contributed by atoms with van der Waals surface area (Å²) >= 11 is 0. The van der Waals surface area contributed by atoms with Crippen molar-refractivity contribution in [2.24, 2.45) is 10.9 Å². The number of rotatable bonds is 11. The molecule has 1 aliphatic rings. The summed E-state index contributed by atoms with van der Waals surface area (Å²) in [6.45, 7) is 12.3. The zero-order chi connectivity index (χ0) is 23.8. The number of anilines is 1. The second-order valence-electron chi connectivity index (χ2n) is 8.65. The Hall–Kier alpha value is -3.39. The predicted molar refractivity (Wildman–Crippen MR) is 136 cm³/mol. The molecule has 172 valence electrons. The molecule has 0 radical (unpaired) electrons. The first-order valence-electron chi connectivity index (χ1n) is 11.8. The van der Waals surface area contributed by atoms with Crippen molar-refractivity contribution in [2.45, 2.75) is 65.8 Å². The monoisotopic (exact) mass is 442 g/mol. The SMILES string of the molecule is C=C/C(=C\N=C(\c1ccc(C#N)cc1Oc1cc(C)nc(NC2CC2)c1)C(C)CC)CCC. The number of hydrogen-bond acceptors (Lipinski definition) is 5. The molecule has 1 aromatic carbocycles. The third-order valence-corrected chi connectivity index (χ3v) is 5.72. The molecule has 0 aliphatic heterocycles. The van der Waals surface area contributed by atoms with E-state index in [4.69, 9.17) is 9.73 Å². The van der Waals surface area contributed by atoms with Gasteiger partial charge in [-0.3, -0.25) is 4.99 Å². The van der Waals surface area contributed by atoms with Crippen LogP contribution in [0.3, 0.4) is 0 Å². The first-order valence-corrected chi connectivity index (χ1v) is 11.8. The number of nitrogens with one attached hydrogen (secondary N) is 1. The highest BCUT2D eigenvalue weighted by atomic mass is 16.5. The number of aromatic nitrogens is 1.